The molecular weight excluding hydrogens is 364 g/mol. The summed E-state index contributed by atoms with van der Waals surface area (Å²) in [5.74, 6) is -0.397. The molecule has 148 valence electrons. The van der Waals surface area contributed by atoms with E-state index in [4.69, 9.17) is 4.74 Å². The zero-order valence-corrected chi connectivity index (χ0v) is 15.3. The van der Waals surface area contributed by atoms with E-state index in [0.717, 1.165) is 36.0 Å². The minimum Gasteiger partial charge on any atom is -0.374 e. The lowest BCUT2D eigenvalue weighted by atomic mass is 10.2. The number of amides is 1. The van der Waals surface area contributed by atoms with Crippen LogP contribution >= 0.6 is 0 Å². The molecule has 28 heavy (non-hydrogen) atoms. The van der Waals surface area contributed by atoms with Gasteiger partial charge >= 0.3 is 0 Å². The van der Waals surface area contributed by atoms with Gasteiger partial charge in [0.2, 0.25) is 5.91 Å². The van der Waals surface area contributed by atoms with Crippen molar-refractivity contribution in [1.29, 1.82) is 0 Å². The number of morpholine rings is 1. The van der Waals surface area contributed by atoms with E-state index in [1.165, 1.54) is 5.56 Å². The Balaban J connectivity index is 1.50. The Bertz CT molecular complexity index is 883. The second-order valence-corrected chi connectivity index (χ2v) is 6.63. The van der Waals surface area contributed by atoms with Gasteiger partial charge in [-0.15, -0.1) is 0 Å². The van der Waals surface area contributed by atoms with Gasteiger partial charge in [-0.2, -0.15) is 0 Å². The fourth-order valence-electron chi connectivity index (χ4n) is 3.08. The monoisotopic (exact) mass is 386 g/mol. The molecule has 1 aromatic heterocycles. The molecule has 9 nitrogen and oxygen atoms in total. The standard InChI is InChI=1S/C19H22N4O5/c24-18(14-22-12-16(23(26)27)6-7-19(22)25)20-10-17-13-21(8-9-28-17)11-15-4-2-1-3-5-15/h1-7,12,17H,8-11,13-14H2,(H,20,24). The van der Waals surface area contributed by atoms with Crippen LogP contribution in [0.15, 0.2) is 53.5 Å². The highest BCUT2D eigenvalue weighted by Gasteiger charge is 2.21. The van der Waals surface area contributed by atoms with E-state index in [1.54, 1.807) is 0 Å². The van der Waals surface area contributed by atoms with E-state index in [1.807, 2.05) is 18.2 Å². The summed E-state index contributed by atoms with van der Waals surface area (Å²) in [5, 5.41) is 13.6. The average Bonchev–Trinajstić information content (AvgIpc) is 2.69. The summed E-state index contributed by atoms with van der Waals surface area (Å²) < 4.78 is 6.73. The van der Waals surface area contributed by atoms with Crippen molar-refractivity contribution < 1.29 is 14.5 Å². The quantitative estimate of drug-likeness (QED) is 0.557. The lowest BCUT2D eigenvalue weighted by molar-refractivity contribution is -0.385. The number of ether oxygens (including phenoxy) is 1. The highest BCUT2D eigenvalue weighted by molar-refractivity contribution is 5.75. The molecule has 0 spiro atoms. The van der Waals surface area contributed by atoms with Crippen LogP contribution in [-0.2, 0) is 22.6 Å². The molecule has 1 saturated heterocycles. The first-order valence-corrected chi connectivity index (χ1v) is 9.01. The van der Waals surface area contributed by atoms with Crippen LogP contribution in [0.3, 0.4) is 0 Å². The normalized spacial score (nSPS) is 17.2. The number of nitrogens with one attached hydrogen (secondary N) is 1. The third-order valence-electron chi connectivity index (χ3n) is 4.49. The SMILES string of the molecule is O=C(Cn1cc([N+](=O)[O-])ccc1=O)NCC1CN(Cc2ccccc2)CCO1. The van der Waals surface area contributed by atoms with Crippen LogP contribution in [0.4, 0.5) is 5.69 Å². The molecular formula is C19H22N4O5. The zero-order chi connectivity index (χ0) is 19.9. The summed E-state index contributed by atoms with van der Waals surface area (Å²) in [7, 11) is 0. The highest BCUT2D eigenvalue weighted by atomic mass is 16.6. The average molecular weight is 386 g/mol. The molecule has 1 atom stereocenters. The Morgan fingerprint density at radius 3 is 2.79 bits per heavy atom. The lowest BCUT2D eigenvalue weighted by Gasteiger charge is -2.33. The van der Waals surface area contributed by atoms with Crippen molar-refractivity contribution in [1.82, 2.24) is 14.8 Å². The maximum absolute atomic E-state index is 12.2. The second-order valence-electron chi connectivity index (χ2n) is 6.63. The molecule has 2 heterocycles. The number of rotatable bonds is 7. The smallest absolute Gasteiger partial charge is 0.285 e. The number of carbonyl (C=O) groups excluding carboxylic acids is 1. The van der Waals surface area contributed by atoms with Crippen LogP contribution < -0.4 is 10.9 Å². The van der Waals surface area contributed by atoms with Crippen molar-refractivity contribution in [3.05, 3.63) is 74.7 Å². The third-order valence-corrected chi connectivity index (χ3v) is 4.49. The Hall–Kier alpha value is -3.04. The van der Waals surface area contributed by atoms with E-state index in [9.17, 15) is 19.7 Å². The van der Waals surface area contributed by atoms with E-state index in [2.05, 4.69) is 22.3 Å². The number of hydrogen-bond donors (Lipinski definition) is 1. The fraction of sp³-hybridized carbons (Fsp3) is 0.368. The molecule has 9 heteroatoms. The number of benzene rings is 1. The van der Waals surface area contributed by atoms with Gasteiger partial charge in [-0.25, -0.2) is 0 Å². The van der Waals surface area contributed by atoms with Crippen molar-refractivity contribution in [2.45, 2.75) is 19.2 Å². The van der Waals surface area contributed by atoms with Crippen LogP contribution in [0.25, 0.3) is 0 Å². The van der Waals surface area contributed by atoms with E-state index in [-0.39, 0.29) is 18.3 Å². The Labute approximate surface area is 161 Å². The molecule has 3 rings (SSSR count). The molecule has 0 radical (unpaired) electrons. The predicted molar refractivity (Wildman–Crippen MR) is 102 cm³/mol. The highest BCUT2D eigenvalue weighted by Crippen LogP contribution is 2.10. The number of aromatic nitrogens is 1. The van der Waals surface area contributed by atoms with Gasteiger partial charge in [0.25, 0.3) is 11.2 Å². The first-order chi connectivity index (χ1) is 13.5. The fourth-order valence-corrected chi connectivity index (χ4v) is 3.08. The molecule has 1 fully saturated rings. The minimum absolute atomic E-state index is 0.150. The molecule has 1 aliphatic rings. The Morgan fingerprint density at radius 2 is 2.04 bits per heavy atom. The molecule has 0 bridgehead atoms. The second kappa shape index (κ2) is 9.25. The number of nitrogens with zero attached hydrogens (tertiary/aromatic N) is 3. The van der Waals surface area contributed by atoms with Crippen molar-refractivity contribution >= 4 is 11.6 Å². The van der Waals surface area contributed by atoms with Gasteiger partial charge in [-0.1, -0.05) is 30.3 Å². The van der Waals surface area contributed by atoms with E-state index in [0.29, 0.717) is 19.7 Å². The zero-order valence-electron chi connectivity index (χ0n) is 15.3. The lowest BCUT2D eigenvalue weighted by Crippen LogP contribution is -2.47. The molecule has 1 aliphatic heterocycles. The molecule has 1 aromatic carbocycles. The maximum Gasteiger partial charge on any atom is 0.285 e. The number of carbonyl (C=O) groups is 1. The summed E-state index contributed by atoms with van der Waals surface area (Å²) in [6, 6.07) is 12.3. The summed E-state index contributed by atoms with van der Waals surface area (Å²) in [5.41, 5.74) is 0.514. The van der Waals surface area contributed by atoms with Gasteiger partial charge in [0.15, 0.2) is 0 Å². The van der Waals surface area contributed by atoms with Gasteiger partial charge in [0.1, 0.15) is 6.54 Å². The van der Waals surface area contributed by atoms with Gasteiger partial charge in [0.05, 0.1) is 23.8 Å². The van der Waals surface area contributed by atoms with Gasteiger partial charge in [-0.05, 0) is 5.56 Å². The van der Waals surface area contributed by atoms with Crippen LogP contribution in [-0.4, -0.2) is 52.6 Å². The predicted octanol–water partition coefficient (Wildman–Crippen LogP) is 0.774. The van der Waals surface area contributed by atoms with Crippen LogP contribution in [0.5, 0.6) is 0 Å². The summed E-state index contributed by atoms with van der Waals surface area (Å²) in [4.78, 5) is 36.4. The first-order valence-electron chi connectivity index (χ1n) is 9.01. The molecule has 1 N–H and O–H groups in total. The van der Waals surface area contributed by atoms with Crippen LogP contribution in [0, 0.1) is 10.1 Å². The summed E-state index contributed by atoms with van der Waals surface area (Å²) >= 11 is 0. The largest absolute Gasteiger partial charge is 0.374 e. The van der Waals surface area contributed by atoms with Gasteiger partial charge < -0.3 is 10.1 Å². The summed E-state index contributed by atoms with van der Waals surface area (Å²) in [6.45, 7) is 2.94. The topological polar surface area (TPSA) is 107 Å². The molecule has 1 amide bonds. The number of nitro groups is 1. The first kappa shape index (κ1) is 19.7. The summed E-state index contributed by atoms with van der Waals surface area (Å²) in [6.07, 6.45) is 0.920. The van der Waals surface area contributed by atoms with E-state index < -0.39 is 16.4 Å². The molecule has 2 aromatic rings. The number of hydrogen-bond acceptors (Lipinski definition) is 6. The minimum atomic E-state index is -0.606. The van der Waals surface area contributed by atoms with Crippen molar-refractivity contribution in [2.24, 2.45) is 0 Å². The molecule has 1 unspecified atom stereocenters. The van der Waals surface area contributed by atoms with Gasteiger partial charge in [0, 0.05) is 38.3 Å². The van der Waals surface area contributed by atoms with Crippen molar-refractivity contribution in [3.63, 3.8) is 0 Å². The maximum atomic E-state index is 12.2. The van der Waals surface area contributed by atoms with Crippen LogP contribution in [0.1, 0.15) is 5.56 Å². The van der Waals surface area contributed by atoms with Crippen LogP contribution in [0.2, 0.25) is 0 Å². The Kier molecular flexibility index (Phi) is 6.51. The molecule has 0 saturated carbocycles. The van der Waals surface area contributed by atoms with Gasteiger partial charge in [-0.3, -0.25) is 29.2 Å². The van der Waals surface area contributed by atoms with Crippen molar-refractivity contribution in [2.75, 3.05) is 26.2 Å². The molecule has 0 aliphatic carbocycles. The third kappa shape index (κ3) is 5.48. The van der Waals surface area contributed by atoms with Crippen molar-refractivity contribution in [3.8, 4) is 0 Å². The Morgan fingerprint density at radius 1 is 1.25 bits per heavy atom. The number of pyridine rings is 1. The van der Waals surface area contributed by atoms with E-state index >= 15 is 0 Å².